The normalized spacial score (nSPS) is 11.0. The number of rotatable bonds is 4. The lowest BCUT2D eigenvalue weighted by Crippen LogP contribution is -2.42. The van der Waals surface area contributed by atoms with E-state index in [0.717, 1.165) is 6.08 Å². The first kappa shape index (κ1) is 20.2. The van der Waals surface area contributed by atoms with Gasteiger partial charge < -0.3 is 0 Å². The monoisotopic (exact) mass is 414 g/mol. The lowest BCUT2D eigenvalue weighted by atomic mass is 10.1. The van der Waals surface area contributed by atoms with Crippen molar-refractivity contribution in [3.8, 4) is 0 Å². The number of fused-ring (bicyclic) bond motifs is 1. The molecule has 2 amide bonds. The van der Waals surface area contributed by atoms with E-state index >= 15 is 0 Å². The Bertz CT molecular complexity index is 1170. The number of aromatic nitrogens is 2. The Labute approximate surface area is 169 Å². The fraction of sp³-hybridized carbons (Fsp3) is 0.100. The first-order valence-corrected chi connectivity index (χ1v) is 9.02. The number of nitrogens with one attached hydrogen (secondary N) is 2. The lowest BCUT2D eigenvalue weighted by molar-refractivity contribution is -0.117. The number of hydrogen-bond acceptors (Lipinski definition) is 4. The van der Waals surface area contributed by atoms with E-state index in [-0.39, 0.29) is 28.4 Å². The van der Waals surface area contributed by atoms with Crippen molar-refractivity contribution in [2.75, 3.05) is 0 Å². The van der Waals surface area contributed by atoms with Crippen LogP contribution in [0.1, 0.15) is 23.0 Å². The second-order valence-electron chi connectivity index (χ2n) is 5.93. The maximum Gasteiger partial charge on any atom is 0.290 e. The summed E-state index contributed by atoms with van der Waals surface area (Å²) in [5.74, 6) is -1.98. The van der Waals surface area contributed by atoms with Gasteiger partial charge >= 0.3 is 0 Å². The molecule has 29 heavy (non-hydrogen) atoms. The van der Waals surface area contributed by atoms with Crippen molar-refractivity contribution in [3.05, 3.63) is 81.0 Å². The first-order chi connectivity index (χ1) is 13.9. The summed E-state index contributed by atoms with van der Waals surface area (Å²) in [4.78, 5) is 36.8. The topological polar surface area (TPSA) is 93.1 Å². The van der Waals surface area contributed by atoms with E-state index < -0.39 is 17.6 Å². The van der Waals surface area contributed by atoms with Crippen molar-refractivity contribution < 1.29 is 14.0 Å². The van der Waals surface area contributed by atoms with Gasteiger partial charge in [-0.1, -0.05) is 35.9 Å². The van der Waals surface area contributed by atoms with Crippen LogP contribution in [-0.2, 0) is 11.3 Å². The average Bonchev–Trinajstić information content (AvgIpc) is 2.72. The zero-order valence-corrected chi connectivity index (χ0v) is 16.0. The molecule has 3 aromatic rings. The highest BCUT2D eigenvalue weighted by Gasteiger charge is 2.16. The molecule has 0 aliphatic carbocycles. The molecule has 2 aromatic carbocycles. The van der Waals surface area contributed by atoms with Crippen LogP contribution in [0.2, 0.25) is 5.02 Å². The van der Waals surface area contributed by atoms with E-state index in [1.54, 1.807) is 31.2 Å². The van der Waals surface area contributed by atoms with Gasteiger partial charge in [0.25, 0.3) is 17.4 Å². The van der Waals surface area contributed by atoms with Crippen LogP contribution in [-0.4, -0.2) is 21.6 Å². The maximum absolute atomic E-state index is 13.7. The Kier molecular flexibility index (Phi) is 6.04. The van der Waals surface area contributed by atoms with E-state index in [4.69, 9.17) is 11.6 Å². The molecule has 0 spiro atoms. The Morgan fingerprint density at radius 3 is 2.55 bits per heavy atom. The zero-order chi connectivity index (χ0) is 21.0. The van der Waals surface area contributed by atoms with Gasteiger partial charge in [0.1, 0.15) is 5.82 Å². The number of carbonyl (C=O) groups is 2. The molecule has 0 bridgehead atoms. The van der Waals surface area contributed by atoms with Crippen molar-refractivity contribution >= 4 is 40.3 Å². The van der Waals surface area contributed by atoms with Gasteiger partial charge in [0, 0.05) is 23.6 Å². The van der Waals surface area contributed by atoms with Gasteiger partial charge in [0.2, 0.25) is 0 Å². The predicted molar refractivity (Wildman–Crippen MR) is 108 cm³/mol. The van der Waals surface area contributed by atoms with Gasteiger partial charge in [0.15, 0.2) is 5.69 Å². The highest BCUT2D eigenvalue weighted by Crippen LogP contribution is 2.20. The van der Waals surface area contributed by atoms with Gasteiger partial charge in [-0.15, -0.1) is 0 Å². The van der Waals surface area contributed by atoms with Crippen molar-refractivity contribution in [1.29, 1.82) is 0 Å². The van der Waals surface area contributed by atoms with E-state index in [1.165, 1.54) is 29.0 Å². The third-order valence-electron chi connectivity index (χ3n) is 4.08. The second kappa shape index (κ2) is 8.66. The molecule has 1 aromatic heterocycles. The van der Waals surface area contributed by atoms with Crippen LogP contribution in [0, 0.1) is 5.82 Å². The predicted octanol–water partition coefficient (Wildman–Crippen LogP) is 2.68. The van der Waals surface area contributed by atoms with Crippen LogP contribution in [0.25, 0.3) is 16.8 Å². The zero-order valence-electron chi connectivity index (χ0n) is 15.3. The van der Waals surface area contributed by atoms with Gasteiger partial charge in [0.05, 0.1) is 10.4 Å². The SMILES string of the molecule is CCn1nc(C(=O)NNC(=O)/C=C/c2c(F)cccc2Cl)c2ccccc2c1=O. The quantitative estimate of drug-likeness (QED) is 0.507. The standard InChI is InChI=1S/C20H16ClFN4O3/c1-2-26-20(29)13-7-4-3-6-12(13)18(25-26)19(28)24-23-17(27)11-10-14-15(21)8-5-9-16(14)22/h3-11H,2H2,1H3,(H,23,27)(H,24,28)/b11-10+. The number of amides is 2. The summed E-state index contributed by atoms with van der Waals surface area (Å²) in [6.07, 6.45) is 2.23. The Morgan fingerprint density at radius 2 is 1.86 bits per heavy atom. The molecule has 0 unspecified atom stereocenters. The fourth-order valence-electron chi connectivity index (χ4n) is 2.67. The van der Waals surface area contributed by atoms with E-state index in [2.05, 4.69) is 16.0 Å². The average molecular weight is 415 g/mol. The molecule has 0 atom stereocenters. The molecule has 1 heterocycles. The largest absolute Gasteiger partial charge is 0.290 e. The maximum atomic E-state index is 13.7. The number of hydrogen-bond donors (Lipinski definition) is 2. The van der Waals surface area contributed by atoms with Gasteiger partial charge in [-0.05, 0) is 31.2 Å². The van der Waals surface area contributed by atoms with Crippen LogP contribution < -0.4 is 16.4 Å². The van der Waals surface area contributed by atoms with Crippen molar-refractivity contribution in [3.63, 3.8) is 0 Å². The van der Waals surface area contributed by atoms with E-state index in [0.29, 0.717) is 10.8 Å². The van der Waals surface area contributed by atoms with Crippen LogP contribution >= 0.6 is 11.6 Å². The molecule has 0 saturated heterocycles. The second-order valence-corrected chi connectivity index (χ2v) is 6.33. The molecule has 7 nitrogen and oxygen atoms in total. The minimum atomic E-state index is -0.703. The summed E-state index contributed by atoms with van der Waals surface area (Å²) < 4.78 is 14.9. The molecule has 0 radical (unpaired) electrons. The molecule has 148 valence electrons. The minimum Gasteiger partial charge on any atom is -0.268 e. The summed E-state index contributed by atoms with van der Waals surface area (Å²) in [7, 11) is 0. The van der Waals surface area contributed by atoms with Crippen molar-refractivity contribution in [1.82, 2.24) is 20.6 Å². The molecule has 0 aliphatic rings. The molecule has 3 rings (SSSR count). The molecule has 9 heteroatoms. The lowest BCUT2D eigenvalue weighted by Gasteiger charge is -2.10. The van der Waals surface area contributed by atoms with Gasteiger partial charge in [-0.2, -0.15) is 5.10 Å². The van der Waals surface area contributed by atoms with Crippen molar-refractivity contribution in [2.24, 2.45) is 0 Å². The van der Waals surface area contributed by atoms with Crippen molar-refractivity contribution in [2.45, 2.75) is 13.5 Å². The minimum absolute atomic E-state index is 0.0107. The molecular formula is C20H16ClFN4O3. The number of nitrogens with zero attached hydrogens (tertiary/aromatic N) is 2. The van der Waals surface area contributed by atoms with E-state index in [1.807, 2.05) is 0 Å². The number of aryl methyl sites for hydroxylation is 1. The number of hydrazine groups is 1. The smallest absolute Gasteiger partial charge is 0.268 e. The number of halogens is 2. The first-order valence-electron chi connectivity index (χ1n) is 8.64. The summed E-state index contributed by atoms with van der Waals surface area (Å²) in [5, 5.41) is 4.92. The summed E-state index contributed by atoms with van der Waals surface area (Å²) in [5.41, 5.74) is 4.15. The number of benzene rings is 2. The van der Waals surface area contributed by atoms with Gasteiger partial charge in [-0.25, -0.2) is 9.07 Å². The highest BCUT2D eigenvalue weighted by atomic mass is 35.5. The summed E-state index contributed by atoms with van der Waals surface area (Å²) >= 11 is 5.89. The van der Waals surface area contributed by atoms with Crippen LogP contribution in [0.4, 0.5) is 4.39 Å². The van der Waals surface area contributed by atoms with Crippen LogP contribution in [0.5, 0.6) is 0 Å². The summed E-state index contributed by atoms with van der Waals surface area (Å²) in [6, 6.07) is 10.7. The molecule has 0 fully saturated rings. The van der Waals surface area contributed by atoms with Crippen LogP contribution in [0.15, 0.2) is 53.3 Å². The molecular weight excluding hydrogens is 399 g/mol. The molecule has 0 aliphatic heterocycles. The summed E-state index contributed by atoms with van der Waals surface area (Å²) in [6.45, 7) is 2.01. The van der Waals surface area contributed by atoms with E-state index in [9.17, 15) is 18.8 Å². The third kappa shape index (κ3) is 4.33. The Hall–Kier alpha value is -3.52. The van der Waals surface area contributed by atoms with Gasteiger partial charge in [-0.3, -0.25) is 25.2 Å². The Balaban J connectivity index is 1.78. The highest BCUT2D eigenvalue weighted by molar-refractivity contribution is 6.32. The number of carbonyl (C=O) groups excluding carboxylic acids is 2. The third-order valence-corrected chi connectivity index (χ3v) is 4.41. The molecule has 0 saturated carbocycles. The fourth-order valence-corrected chi connectivity index (χ4v) is 2.89. The van der Waals surface area contributed by atoms with Crippen LogP contribution in [0.3, 0.4) is 0 Å². The molecule has 2 N–H and O–H groups in total. The Morgan fingerprint density at radius 1 is 1.14 bits per heavy atom.